The topological polar surface area (TPSA) is 80.6 Å². The average molecular weight is 419 g/mol. The van der Waals surface area contributed by atoms with Gasteiger partial charge in [0.25, 0.3) is 11.7 Å². The predicted octanol–water partition coefficient (Wildman–Crippen LogP) is 2.94. The van der Waals surface area contributed by atoms with E-state index in [9.17, 15) is 14.4 Å². The van der Waals surface area contributed by atoms with E-state index in [4.69, 9.17) is 4.74 Å². The summed E-state index contributed by atoms with van der Waals surface area (Å²) in [6, 6.07) is 13.1. The summed E-state index contributed by atoms with van der Waals surface area (Å²) in [4.78, 5) is 39.9. The first-order valence-corrected chi connectivity index (χ1v) is 10.3. The van der Waals surface area contributed by atoms with Crippen LogP contribution in [0.15, 0.2) is 48.7 Å². The molecule has 3 aromatic rings. The van der Waals surface area contributed by atoms with E-state index in [2.05, 4.69) is 5.32 Å². The lowest BCUT2D eigenvalue weighted by atomic mass is 10.1. The van der Waals surface area contributed by atoms with Crippen LogP contribution in [0.5, 0.6) is 0 Å². The van der Waals surface area contributed by atoms with E-state index in [0.29, 0.717) is 37.3 Å². The van der Waals surface area contributed by atoms with E-state index in [0.717, 1.165) is 22.3 Å². The first-order chi connectivity index (χ1) is 14.9. The van der Waals surface area contributed by atoms with Crippen LogP contribution in [0, 0.1) is 13.8 Å². The maximum absolute atomic E-state index is 13.0. The van der Waals surface area contributed by atoms with Crippen LogP contribution in [0.25, 0.3) is 10.9 Å². The highest BCUT2D eigenvalue weighted by Gasteiger charge is 2.27. The molecule has 0 spiro atoms. The van der Waals surface area contributed by atoms with Gasteiger partial charge < -0.3 is 19.5 Å². The number of benzene rings is 2. The van der Waals surface area contributed by atoms with E-state index in [-0.39, 0.29) is 12.5 Å². The van der Waals surface area contributed by atoms with Crippen LogP contribution in [0.1, 0.15) is 21.5 Å². The van der Waals surface area contributed by atoms with Crippen LogP contribution in [-0.2, 0) is 20.9 Å². The Labute approximate surface area is 180 Å². The summed E-state index contributed by atoms with van der Waals surface area (Å²) >= 11 is 0. The molecule has 0 atom stereocenters. The molecule has 0 saturated carbocycles. The molecule has 7 heteroatoms. The molecule has 1 aromatic heterocycles. The van der Waals surface area contributed by atoms with Crippen LogP contribution in [0.3, 0.4) is 0 Å². The molecule has 31 heavy (non-hydrogen) atoms. The summed E-state index contributed by atoms with van der Waals surface area (Å²) < 4.78 is 6.98. The average Bonchev–Trinajstić information content (AvgIpc) is 3.14. The molecule has 2 aromatic carbocycles. The van der Waals surface area contributed by atoms with Gasteiger partial charge in [0.05, 0.1) is 18.8 Å². The number of anilines is 1. The molecule has 4 rings (SSSR count). The van der Waals surface area contributed by atoms with Gasteiger partial charge in [-0.15, -0.1) is 0 Å². The molecule has 7 nitrogen and oxygen atoms in total. The molecule has 1 fully saturated rings. The van der Waals surface area contributed by atoms with Crippen molar-refractivity contribution in [1.29, 1.82) is 0 Å². The Bertz CT molecular complexity index is 1160. The summed E-state index contributed by atoms with van der Waals surface area (Å²) in [5, 5.41) is 3.56. The number of Topliss-reactive ketones (excluding diaryl/α,β-unsaturated/α-hetero) is 1. The van der Waals surface area contributed by atoms with Gasteiger partial charge in [0.15, 0.2) is 0 Å². The van der Waals surface area contributed by atoms with Gasteiger partial charge in [-0.3, -0.25) is 14.4 Å². The zero-order valence-electron chi connectivity index (χ0n) is 17.7. The number of aryl methyl sites for hydroxylation is 2. The van der Waals surface area contributed by atoms with Gasteiger partial charge in [-0.2, -0.15) is 0 Å². The van der Waals surface area contributed by atoms with Crippen molar-refractivity contribution in [3.8, 4) is 0 Å². The standard InChI is InChI=1S/C24H25N3O4/c1-16-7-8-18(13-17(16)2)25-22(28)15-27-14-20(19-5-3-4-6-21(19)27)23(29)24(30)26-9-11-31-12-10-26/h3-8,13-14H,9-12,15H2,1-2H3,(H,25,28). The maximum atomic E-state index is 13.0. The minimum absolute atomic E-state index is 0.0342. The lowest BCUT2D eigenvalue weighted by molar-refractivity contribution is -0.130. The van der Waals surface area contributed by atoms with Crippen molar-refractivity contribution in [2.45, 2.75) is 20.4 Å². The lowest BCUT2D eigenvalue weighted by Crippen LogP contribution is -2.44. The van der Waals surface area contributed by atoms with Gasteiger partial charge in [0, 0.05) is 35.9 Å². The third-order valence-corrected chi connectivity index (χ3v) is 5.63. The number of aromatic nitrogens is 1. The molecule has 0 unspecified atom stereocenters. The highest BCUT2D eigenvalue weighted by molar-refractivity contribution is 6.44. The number of ether oxygens (including phenoxy) is 1. The Kier molecular flexibility index (Phi) is 5.86. The minimum atomic E-state index is -0.564. The number of fused-ring (bicyclic) bond motifs is 1. The van der Waals surface area contributed by atoms with Gasteiger partial charge in [-0.25, -0.2) is 0 Å². The number of para-hydroxylation sites is 1. The van der Waals surface area contributed by atoms with Crippen molar-refractivity contribution in [1.82, 2.24) is 9.47 Å². The third kappa shape index (κ3) is 4.36. The van der Waals surface area contributed by atoms with Gasteiger partial charge in [-0.1, -0.05) is 24.3 Å². The number of morpholine rings is 1. The first-order valence-electron chi connectivity index (χ1n) is 10.3. The lowest BCUT2D eigenvalue weighted by Gasteiger charge is -2.25. The number of nitrogens with one attached hydrogen (secondary N) is 1. The second-order valence-corrected chi connectivity index (χ2v) is 7.77. The van der Waals surface area contributed by atoms with E-state index in [1.54, 1.807) is 16.8 Å². The fraction of sp³-hybridized carbons (Fsp3) is 0.292. The fourth-order valence-corrected chi connectivity index (χ4v) is 3.76. The molecular formula is C24H25N3O4. The number of carbonyl (C=O) groups excluding carboxylic acids is 3. The largest absolute Gasteiger partial charge is 0.378 e. The maximum Gasteiger partial charge on any atom is 0.295 e. The fourth-order valence-electron chi connectivity index (χ4n) is 3.76. The predicted molar refractivity (Wildman–Crippen MR) is 118 cm³/mol. The van der Waals surface area contributed by atoms with Crippen LogP contribution in [0.4, 0.5) is 5.69 Å². The smallest absolute Gasteiger partial charge is 0.295 e. The summed E-state index contributed by atoms with van der Waals surface area (Å²) in [6.45, 7) is 5.71. The molecule has 1 saturated heterocycles. The number of ketones is 1. The van der Waals surface area contributed by atoms with Gasteiger partial charge in [-0.05, 0) is 43.2 Å². The highest BCUT2D eigenvalue weighted by atomic mass is 16.5. The molecule has 0 bridgehead atoms. The van der Waals surface area contributed by atoms with Crippen LogP contribution in [0.2, 0.25) is 0 Å². The summed E-state index contributed by atoms with van der Waals surface area (Å²) in [7, 11) is 0. The zero-order valence-corrected chi connectivity index (χ0v) is 17.7. The molecule has 160 valence electrons. The zero-order chi connectivity index (χ0) is 22.0. The van der Waals surface area contributed by atoms with Gasteiger partial charge >= 0.3 is 0 Å². The molecular weight excluding hydrogens is 394 g/mol. The van der Waals surface area contributed by atoms with Crippen molar-refractivity contribution in [2.24, 2.45) is 0 Å². The van der Waals surface area contributed by atoms with Crippen molar-refractivity contribution >= 4 is 34.2 Å². The number of hydrogen-bond donors (Lipinski definition) is 1. The monoisotopic (exact) mass is 419 g/mol. The first kappa shape index (κ1) is 20.8. The van der Waals surface area contributed by atoms with Crippen molar-refractivity contribution in [3.63, 3.8) is 0 Å². The minimum Gasteiger partial charge on any atom is -0.378 e. The third-order valence-electron chi connectivity index (χ3n) is 5.63. The Balaban J connectivity index is 1.57. The summed E-state index contributed by atoms with van der Waals surface area (Å²) in [6.07, 6.45) is 1.60. The Morgan fingerprint density at radius 3 is 2.48 bits per heavy atom. The number of hydrogen-bond acceptors (Lipinski definition) is 4. The van der Waals surface area contributed by atoms with E-state index in [1.165, 1.54) is 4.90 Å². The van der Waals surface area contributed by atoms with E-state index < -0.39 is 11.7 Å². The second-order valence-electron chi connectivity index (χ2n) is 7.77. The molecule has 1 aliphatic heterocycles. The number of rotatable bonds is 5. The number of nitrogens with zero attached hydrogens (tertiary/aromatic N) is 2. The Morgan fingerprint density at radius 1 is 1.00 bits per heavy atom. The summed E-state index contributed by atoms with van der Waals surface area (Å²) in [5.74, 6) is -1.31. The second kappa shape index (κ2) is 8.73. The molecule has 1 N–H and O–H groups in total. The number of amides is 2. The van der Waals surface area contributed by atoms with E-state index in [1.807, 2.05) is 50.2 Å². The Hall–Kier alpha value is -3.45. The quantitative estimate of drug-likeness (QED) is 0.509. The SMILES string of the molecule is Cc1ccc(NC(=O)Cn2cc(C(=O)C(=O)N3CCOCC3)c3ccccc32)cc1C. The van der Waals surface area contributed by atoms with Crippen LogP contribution < -0.4 is 5.32 Å². The molecule has 2 amide bonds. The Morgan fingerprint density at radius 2 is 1.74 bits per heavy atom. The van der Waals surface area contributed by atoms with Gasteiger partial charge in [0.1, 0.15) is 6.54 Å². The van der Waals surface area contributed by atoms with Crippen molar-refractivity contribution in [3.05, 3.63) is 65.4 Å². The normalized spacial score (nSPS) is 13.9. The molecule has 1 aliphatic rings. The molecule has 0 radical (unpaired) electrons. The molecule has 2 heterocycles. The van der Waals surface area contributed by atoms with Crippen LogP contribution >= 0.6 is 0 Å². The van der Waals surface area contributed by atoms with Crippen molar-refractivity contribution in [2.75, 3.05) is 31.6 Å². The van der Waals surface area contributed by atoms with Crippen LogP contribution in [-0.4, -0.2) is 53.4 Å². The highest BCUT2D eigenvalue weighted by Crippen LogP contribution is 2.23. The number of carbonyl (C=O) groups is 3. The molecule has 0 aliphatic carbocycles. The van der Waals surface area contributed by atoms with Gasteiger partial charge in [0.2, 0.25) is 5.91 Å². The summed E-state index contributed by atoms with van der Waals surface area (Å²) in [5.41, 5.74) is 4.02. The van der Waals surface area contributed by atoms with Crippen molar-refractivity contribution < 1.29 is 19.1 Å². The van der Waals surface area contributed by atoms with E-state index >= 15 is 0 Å².